The van der Waals surface area contributed by atoms with Gasteiger partial charge < -0.3 is 20.7 Å². The smallest absolute Gasteiger partial charge is 0.269 e. The number of anilines is 1. The van der Waals surface area contributed by atoms with Crippen LogP contribution in [0.4, 0.5) is 11.4 Å². The fourth-order valence-corrected chi connectivity index (χ4v) is 4.71. The molecule has 2 unspecified atom stereocenters. The Balaban J connectivity index is 0. The van der Waals surface area contributed by atoms with E-state index in [-0.39, 0.29) is 46.7 Å². The molecular weight excluding hydrogens is 901 g/mol. The Hall–Kier alpha value is -7.81. The number of allylic oxidation sites excluding steroid dienone is 5. The highest BCUT2D eigenvalue weighted by atomic mass is 17.1. The standard InChI is InChI=1S/C12H18.C10H14O4.C6H5NO2.C6H7N.C6H6O2.C6H4O2.C6H6.C3H6O.C3H6/c1-9(2)11-5-7-12(8-6-11)10(3)4;1-7(13-11)9-3-5-10(6-4-9)8(2)14-12;8-7(9)6-4-2-1-3-5-6;7-6-4-2-1-3-5-6;2*7-5-1-2-6(8)4-3-5;1-2-4-6-5-3-1;1-3(2)4;1-3-2/h5-10H,1-4H3;3-8,11-12H,1-2H3;1-5H;1-5H,7H2;1-4,7-8H;1-4H;1-6H;1-2H3;3H,1H2,2H3. The van der Waals surface area contributed by atoms with Crippen molar-refractivity contribution in [2.45, 2.75) is 86.4 Å². The van der Waals surface area contributed by atoms with Crippen LogP contribution in [0.2, 0.25) is 0 Å². The number of nitro groups is 1. The van der Waals surface area contributed by atoms with Crippen LogP contribution in [-0.4, -0.2) is 43.0 Å². The Morgan fingerprint density at radius 3 is 0.972 bits per heavy atom. The van der Waals surface area contributed by atoms with Gasteiger partial charge in [0.25, 0.3) is 5.69 Å². The third kappa shape index (κ3) is 36.9. The summed E-state index contributed by atoms with van der Waals surface area (Å²) >= 11 is 0. The number of nitrogen functional groups attached to an aromatic ring is 1. The molecule has 0 radical (unpaired) electrons. The number of hydrogen-bond donors (Lipinski definition) is 5. The van der Waals surface area contributed by atoms with Crippen LogP contribution in [0.5, 0.6) is 11.5 Å². The van der Waals surface area contributed by atoms with Crippen LogP contribution in [0, 0.1) is 10.1 Å². The molecule has 13 nitrogen and oxygen atoms in total. The molecule has 0 amide bonds. The highest BCUT2D eigenvalue weighted by molar-refractivity contribution is 6.14. The summed E-state index contributed by atoms with van der Waals surface area (Å²) in [5, 5.41) is 44.2. The number of non-ortho nitro benzene ring substituents is 1. The lowest BCUT2D eigenvalue weighted by Gasteiger charge is -2.11. The molecule has 380 valence electrons. The van der Waals surface area contributed by atoms with Crippen molar-refractivity contribution in [3.63, 3.8) is 0 Å². The quantitative estimate of drug-likeness (QED) is 0.0192. The molecule has 71 heavy (non-hydrogen) atoms. The largest absolute Gasteiger partial charge is 0.508 e. The molecule has 0 heterocycles. The van der Waals surface area contributed by atoms with Crippen LogP contribution in [0.15, 0.2) is 207 Å². The minimum absolute atomic E-state index is 0.121. The van der Waals surface area contributed by atoms with E-state index in [0.717, 1.165) is 16.8 Å². The van der Waals surface area contributed by atoms with Gasteiger partial charge in [-0.3, -0.25) is 30.2 Å². The summed E-state index contributed by atoms with van der Waals surface area (Å²) in [5.74, 6) is 1.55. The maximum Gasteiger partial charge on any atom is 0.269 e. The number of nitrogens with zero attached hydrogens (tertiary/aromatic N) is 1. The van der Waals surface area contributed by atoms with E-state index < -0.39 is 4.92 Å². The number of nitro benzene ring substituents is 1. The number of benzene rings is 6. The van der Waals surface area contributed by atoms with Crippen LogP contribution in [-0.2, 0) is 24.2 Å². The molecule has 1 aliphatic carbocycles. The molecule has 0 spiro atoms. The third-order valence-corrected chi connectivity index (χ3v) is 8.57. The molecule has 6 aromatic rings. The van der Waals surface area contributed by atoms with Crippen LogP contribution in [0.1, 0.15) is 109 Å². The number of nitrogens with two attached hydrogens (primary N) is 1. The van der Waals surface area contributed by atoms with Gasteiger partial charge in [-0.05, 0) is 129 Å². The van der Waals surface area contributed by atoms with Crippen molar-refractivity contribution in [3.05, 3.63) is 239 Å². The number of carbonyl (C=O) groups is 3. The van der Waals surface area contributed by atoms with Gasteiger partial charge in [-0.2, -0.15) is 0 Å². The number of aromatic hydroxyl groups is 2. The SMILES string of the molecule is C=CC.CC(C)=O.CC(C)c1ccc(C(C)C)cc1.CC(OO)c1ccc(C(C)OO)cc1.Nc1ccccc1.O=C1C=CC(=O)C=C1.O=[N+]([O-])c1ccccc1.Oc1ccc(O)cc1.c1ccccc1. The van der Waals surface area contributed by atoms with Crippen molar-refractivity contribution >= 4 is 28.7 Å². The summed E-state index contributed by atoms with van der Waals surface area (Å²) in [6.45, 7) is 20.7. The second-order valence-corrected chi connectivity index (χ2v) is 15.6. The second kappa shape index (κ2) is 41.2. The molecule has 0 aliphatic heterocycles. The molecule has 2 atom stereocenters. The van der Waals surface area contributed by atoms with Gasteiger partial charge in [-0.1, -0.05) is 155 Å². The molecule has 1 aliphatic rings. The summed E-state index contributed by atoms with van der Waals surface area (Å²) < 4.78 is 0. The first-order valence-corrected chi connectivity index (χ1v) is 22.5. The van der Waals surface area contributed by atoms with Gasteiger partial charge in [0, 0.05) is 17.8 Å². The van der Waals surface area contributed by atoms with Gasteiger partial charge in [0.1, 0.15) is 29.5 Å². The van der Waals surface area contributed by atoms with Crippen LogP contribution in [0.25, 0.3) is 0 Å². The van der Waals surface area contributed by atoms with Gasteiger partial charge in [0.15, 0.2) is 11.6 Å². The normalized spacial score (nSPS) is 11.1. The van der Waals surface area contributed by atoms with Crippen molar-refractivity contribution in [1.82, 2.24) is 0 Å². The van der Waals surface area contributed by atoms with Crippen LogP contribution in [0.3, 0.4) is 0 Å². The molecule has 6 N–H and O–H groups in total. The summed E-state index contributed by atoms with van der Waals surface area (Å²) in [6.07, 6.45) is 6.05. The number of carbonyl (C=O) groups excluding carboxylic acids is 3. The van der Waals surface area contributed by atoms with Gasteiger partial charge >= 0.3 is 0 Å². The van der Waals surface area contributed by atoms with Crippen molar-refractivity contribution in [2.24, 2.45) is 0 Å². The minimum Gasteiger partial charge on any atom is -0.508 e. The Morgan fingerprint density at radius 2 is 0.775 bits per heavy atom. The summed E-state index contributed by atoms with van der Waals surface area (Å²) in [6, 6.07) is 51.3. The maximum absolute atomic E-state index is 10.3. The lowest BCUT2D eigenvalue weighted by atomic mass is 9.97. The average molecular weight is 973 g/mol. The highest BCUT2D eigenvalue weighted by Crippen LogP contribution is 2.21. The molecule has 0 aromatic heterocycles. The van der Waals surface area contributed by atoms with E-state index in [9.17, 15) is 24.5 Å². The van der Waals surface area contributed by atoms with E-state index in [4.69, 9.17) is 26.5 Å². The zero-order valence-corrected chi connectivity index (χ0v) is 42.2. The van der Waals surface area contributed by atoms with E-state index in [1.54, 1.807) is 38.1 Å². The molecule has 0 fully saturated rings. The first-order chi connectivity index (χ1) is 33.7. The third-order valence-electron chi connectivity index (χ3n) is 8.57. The first kappa shape index (κ1) is 65.3. The number of hydrogen-bond acceptors (Lipinski definition) is 12. The highest BCUT2D eigenvalue weighted by Gasteiger charge is 2.08. The van der Waals surface area contributed by atoms with Gasteiger partial charge in [0.05, 0.1) is 4.92 Å². The van der Waals surface area contributed by atoms with Crippen LogP contribution >= 0.6 is 0 Å². The number of Topliss-reactive ketones (excluding diaryl/α,β-unsaturated/α-hetero) is 1. The predicted octanol–water partition coefficient (Wildman–Crippen LogP) is 14.4. The molecule has 0 saturated heterocycles. The molecule has 0 saturated carbocycles. The van der Waals surface area contributed by atoms with Gasteiger partial charge in [-0.25, -0.2) is 9.78 Å². The lowest BCUT2D eigenvalue weighted by Crippen LogP contribution is -1.99. The first-order valence-electron chi connectivity index (χ1n) is 22.5. The number of phenolic OH excluding ortho intramolecular Hbond substituents is 2. The Morgan fingerprint density at radius 1 is 0.535 bits per heavy atom. The zero-order chi connectivity index (χ0) is 54.0. The lowest BCUT2D eigenvalue weighted by molar-refractivity contribution is -0.384. The summed E-state index contributed by atoms with van der Waals surface area (Å²) in [5.41, 5.74) is 10.9. The molecular formula is C58H72N2O11. The Labute approximate surface area is 419 Å². The Bertz CT molecular complexity index is 2210. The van der Waals surface area contributed by atoms with E-state index in [0.29, 0.717) is 11.8 Å². The molecule has 13 heteroatoms. The fourth-order valence-electron chi connectivity index (χ4n) is 4.71. The number of phenols is 2. The fraction of sp³-hybridized carbons (Fsp3) is 0.224. The number of para-hydroxylation sites is 2. The van der Waals surface area contributed by atoms with Crippen molar-refractivity contribution in [3.8, 4) is 11.5 Å². The van der Waals surface area contributed by atoms with Crippen molar-refractivity contribution < 1.29 is 49.8 Å². The van der Waals surface area contributed by atoms with E-state index in [1.165, 1.54) is 85.7 Å². The second-order valence-electron chi connectivity index (χ2n) is 15.6. The van der Waals surface area contributed by atoms with E-state index >= 15 is 0 Å². The average Bonchev–Trinajstić information content (AvgIpc) is 3.37. The number of rotatable bonds is 7. The van der Waals surface area contributed by atoms with Crippen molar-refractivity contribution in [1.29, 1.82) is 0 Å². The number of ketones is 3. The summed E-state index contributed by atoms with van der Waals surface area (Å²) in [7, 11) is 0. The van der Waals surface area contributed by atoms with E-state index in [1.807, 2.05) is 97.9 Å². The maximum atomic E-state index is 10.3. The zero-order valence-electron chi connectivity index (χ0n) is 42.2. The predicted molar refractivity (Wildman–Crippen MR) is 286 cm³/mol. The molecule has 0 bridgehead atoms. The van der Waals surface area contributed by atoms with Gasteiger partial charge in [-0.15, -0.1) is 6.58 Å². The minimum atomic E-state index is -0.417. The Kier molecular flexibility index (Phi) is 37.9. The monoisotopic (exact) mass is 973 g/mol. The van der Waals surface area contributed by atoms with Crippen molar-refractivity contribution in [2.75, 3.05) is 5.73 Å². The topological polar surface area (TPSA) is 220 Å². The van der Waals surface area contributed by atoms with E-state index in [2.05, 4.69) is 68.3 Å². The molecule has 7 rings (SSSR count). The summed E-state index contributed by atoms with van der Waals surface area (Å²) in [4.78, 5) is 48.0. The van der Waals surface area contributed by atoms with Crippen LogP contribution < -0.4 is 5.73 Å². The molecule has 6 aromatic carbocycles. The van der Waals surface area contributed by atoms with Gasteiger partial charge in [0.2, 0.25) is 0 Å².